The van der Waals surface area contributed by atoms with Crippen molar-refractivity contribution >= 4 is 34.1 Å². The summed E-state index contributed by atoms with van der Waals surface area (Å²) in [4.78, 5) is 23.8. The number of halogens is 1. The first-order valence-corrected chi connectivity index (χ1v) is 7.70. The van der Waals surface area contributed by atoms with Crippen LogP contribution in [0.4, 0.5) is 20.6 Å². The lowest BCUT2D eigenvalue weighted by Gasteiger charge is -2.10. The van der Waals surface area contributed by atoms with Crippen LogP contribution in [0.2, 0.25) is 0 Å². The minimum atomic E-state index is -0.495. The second-order valence-electron chi connectivity index (χ2n) is 5.39. The zero-order valence-electron chi connectivity index (χ0n) is 13.3. The zero-order valence-corrected chi connectivity index (χ0v) is 13.3. The highest BCUT2D eigenvalue weighted by atomic mass is 19.1. The number of rotatable bonds is 4. The molecule has 5 nitrogen and oxygen atoms in total. The van der Waals surface area contributed by atoms with Crippen molar-refractivity contribution in [3.63, 3.8) is 0 Å². The molecule has 25 heavy (non-hydrogen) atoms. The average molecular weight is 337 g/mol. The van der Waals surface area contributed by atoms with Crippen LogP contribution in [0.1, 0.15) is 0 Å². The van der Waals surface area contributed by atoms with E-state index in [1.165, 1.54) is 18.2 Å². The maximum atomic E-state index is 13.1. The summed E-state index contributed by atoms with van der Waals surface area (Å²) in [7, 11) is 0. The Balaban J connectivity index is 1.56. The highest BCUT2D eigenvalue weighted by Gasteiger charge is 2.08. The first-order valence-electron chi connectivity index (χ1n) is 7.70. The van der Waals surface area contributed by atoms with Crippen LogP contribution in [0.5, 0.6) is 0 Å². The largest absolute Gasteiger partial charge is 0.329 e. The van der Waals surface area contributed by atoms with Crippen LogP contribution in [-0.4, -0.2) is 18.5 Å². The molecule has 0 aliphatic heterocycles. The van der Waals surface area contributed by atoms with Crippen molar-refractivity contribution in [1.29, 1.82) is 0 Å². The molecule has 0 aliphatic rings. The van der Waals surface area contributed by atoms with Gasteiger partial charge in [0, 0.05) is 11.1 Å². The summed E-state index contributed by atoms with van der Waals surface area (Å²) >= 11 is 0. The molecule has 0 bridgehead atoms. The van der Waals surface area contributed by atoms with Gasteiger partial charge in [0.2, 0.25) is 5.91 Å². The summed E-state index contributed by atoms with van der Waals surface area (Å²) in [5.41, 5.74) is 0.988. The number of hydrogen-bond donors (Lipinski definition) is 3. The molecule has 0 aliphatic carbocycles. The molecule has 3 N–H and O–H groups in total. The van der Waals surface area contributed by atoms with Gasteiger partial charge in [0.25, 0.3) is 0 Å². The van der Waals surface area contributed by atoms with Gasteiger partial charge in [0.05, 0.1) is 12.2 Å². The maximum absolute atomic E-state index is 13.1. The summed E-state index contributed by atoms with van der Waals surface area (Å²) in [5.74, 6) is -0.891. The van der Waals surface area contributed by atoms with Crippen molar-refractivity contribution in [3.8, 4) is 0 Å². The van der Waals surface area contributed by atoms with Crippen LogP contribution in [0.25, 0.3) is 10.8 Å². The van der Waals surface area contributed by atoms with E-state index in [1.54, 1.807) is 12.1 Å². The summed E-state index contributed by atoms with van der Waals surface area (Å²) in [5, 5.41) is 9.62. The Bertz CT molecular complexity index is 922. The Hall–Kier alpha value is -3.41. The lowest BCUT2D eigenvalue weighted by molar-refractivity contribution is -0.115. The molecule has 3 amide bonds. The summed E-state index contributed by atoms with van der Waals surface area (Å²) in [6.07, 6.45) is 0. The molecule has 0 spiro atoms. The topological polar surface area (TPSA) is 70.2 Å². The Kier molecular flexibility index (Phi) is 4.89. The van der Waals surface area contributed by atoms with Gasteiger partial charge in [-0.3, -0.25) is 4.79 Å². The summed E-state index contributed by atoms with van der Waals surface area (Å²) < 4.78 is 13.1. The number of carbonyl (C=O) groups excluding carboxylic acids is 2. The van der Waals surface area contributed by atoms with Crippen molar-refractivity contribution < 1.29 is 14.0 Å². The SMILES string of the molecule is O=C(CNC(=O)Nc1cccc2ccccc12)Nc1cccc(F)c1. The standard InChI is InChI=1S/C19H16FN3O2/c20-14-7-4-8-15(11-14)22-18(24)12-21-19(25)23-17-10-3-6-13-5-1-2-9-16(13)17/h1-11H,12H2,(H,22,24)(H2,21,23,25). The molecule has 0 saturated heterocycles. The Morgan fingerprint density at radius 3 is 2.48 bits per heavy atom. The molecule has 0 fully saturated rings. The summed E-state index contributed by atoms with van der Waals surface area (Å²) in [6.45, 7) is -0.229. The number of amides is 3. The summed E-state index contributed by atoms with van der Waals surface area (Å²) in [6, 6.07) is 18.3. The lowest BCUT2D eigenvalue weighted by atomic mass is 10.1. The van der Waals surface area contributed by atoms with E-state index in [0.29, 0.717) is 11.4 Å². The molecule has 0 heterocycles. The van der Waals surface area contributed by atoms with Crippen molar-refractivity contribution in [2.75, 3.05) is 17.2 Å². The number of anilines is 2. The minimum Gasteiger partial charge on any atom is -0.329 e. The van der Waals surface area contributed by atoms with Gasteiger partial charge in [0.15, 0.2) is 0 Å². The molecule has 3 aromatic carbocycles. The van der Waals surface area contributed by atoms with E-state index in [4.69, 9.17) is 0 Å². The second kappa shape index (κ2) is 7.44. The van der Waals surface area contributed by atoms with Gasteiger partial charge in [-0.05, 0) is 29.7 Å². The van der Waals surface area contributed by atoms with Gasteiger partial charge in [-0.1, -0.05) is 42.5 Å². The van der Waals surface area contributed by atoms with Gasteiger partial charge < -0.3 is 16.0 Å². The van der Waals surface area contributed by atoms with Crippen LogP contribution in [0, 0.1) is 5.82 Å². The molecule has 3 rings (SSSR count). The van der Waals surface area contributed by atoms with E-state index in [2.05, 4.69) is 16.0 Å². The maximum Gasteiger partial charge on any atom is 0.319 e. The molecule has 0 unspecified atom stereocenters. The number of urea groups is 1. The molecule has 0 aromatic heterocycles. The highest BCUT2D eigenvalue weighted by molar-refractivity contribution is 6.03. The lowest BCUT2D eigenvalue weighted by Crippen LogP contribution is -2.35. The van der Waals surface area contributed by atoms with E-state index in [9.17, 15) is 14.0 Å². The number of nitrogens with one attached hydrogen (secondary N) is 3. The Labute approximate surface area is 143 Å². The van der Waals surface area contributed by atoms with Crippen LogP contribution in [-0.2, 0) is 4.79 Å². The first-order chi connectivity index (χ1) is 12.1. The fourth-order valence-corrected chi connectivity index (χ4v) is 2.43. The van der Waals surface area contributed by atoms with Crippen molar-refractivity contribution in [3.05, 3.63) is 72.5 Å². The Morgan fingerprint density at radius 2 is 1.64 bits per heavy atom. The van der Waals surface area contributed by atoms with Gasteiger partial charge in [-0.2, -0.15) is 0 Å². The van der Waals surface area contributed by atoms with E-state index in [1.807, 2.05) is 36.4 Å². The van der Waals surface area contributed by atoms with Gasteiger partial charge in [0.1, 0.15) is 5.82 Å². The number of hydrogen-bond acceptors (Lipinski definition) is 2. The zero-order chi connectivity index (χ0) is 17.6. The fourth-order valence-electron chi connectivity index (χ4n) is 2.43. The molecule has 0 saturated carbocycles. The molecule has 0 radical (unpaired) electrons. The predicted octanol–water partition coefficient (Wildman–Crippen LogP) is 3.74. The van der Waals surface area contributed by atoms with Crippen LogP contribution in [0.3, 0.4) is 0 Å². The van der Waals surface area contributed by atoms with Crippen LogP contribution >= 0.6 is 0 Å². The highest BCUT2D eigenvalue weighted by Crippen LogP contribution is 2.22. The Morgan fingerprint density at radius 1 is 0.880 bits per heavy atom. The minimum absolute atomic E-state index is 0.229. The molecule has 6 heteroatoms. The third kappa shape index (κ3) is 4.32. The second-order valence-corrected chi connectivity index (χ2v) is 5.39. The molecule has 126 valence electrons. The monoisotopic (exact) mass is 337 g/mol. The first kappa shape index (κ1) is 16.4. The van der Waals surface area contributed by atoms with Crippen LogP contribution < -0.4 is 16.0 Å². The number of fused-ring (bicyclic) bond motifs is 1. The van der Waals surface area contributed by atoms with Gasteiger partial charge in [-0.15, -0.1) is 0 Å². The van der Waals surface area contributed by atoms with E-state index < -0.39 is 17.8 Å². The van der Waals surface area contributed by atoms with E-state index in [-0.39, 0.29) is 6.54 Å². The van der Waals surface area contributed by atoms with E-state index >= 15 is 0 Å². The quantitative estimate of drug-likeness (QED) is 0.679. The van der Waals surface area contributed by atoms with Crippen LogP contribution in [0.15, 0.2) is 66.7 Å². The smallest absolute Gasteiger partial charge is 0.319 e. The third-order valence-electron chi connectivity index (χ3n) is 3.56. The van der Waals surface area contributed by atoms with Crippen molar-refractivity contribution in [1.82, 2.24) is 5.32 Å². The molecule has 0 atom stereocenters. The molecular weight excluding hydrogens is 321 g/mol. The average Bonchev–Trinajstić information content (AvgIpc) is 2.60. The normalized spacial score (nSPS) is 10.3. The van der Waals surface area contributed by atoms with Crippen molar-refractivity contribution in [2.24, 2.45) is 0 Å². The fraction of sp³-hybridized carbons (Fsp3) is 0.0526. The predicted molar refractivity (Wildman–Crippen MR) is 96.0 cm³/mol. The molecular formula is C19H16FN3O2. The van der Waals surface area contributed by atoms with Crippen molar-refractivity contribution in [2.45, 2.75) is 0 Å². The van der Waals surface area contributed by atoms with Gasteiger partial charge in [-0.25, -0.2) is 9.18 Å². The molecule has 3 aromatic rings. The van der Waals surface area contributed by atoms with E-state index in [0.717, 1.165) is 10.8 Å². The van der Waals surface area contributed by atoms with Gasteiger partial charge >= 0.3 is 6.03 Å². The number of carbonyl (C=O) groups is 2. The third-order valence-corrected chi connectivity index (χ3v) is 3.56. The number of benzene rings is 3.